The molecule has 0 radical (unpaired) electrons. The van der Waals surface area contributed by atoms with Gasteiger partial charge in [0, 0.05) is 31.6 Å². The summed E-state index contributed by atoms with van der Waals surface area (Å²) < 4.78 is 3.11. The van der Waals surface area contributed by atoms with Crippen LogP contribution in [0.2, 0.25) is 0 Å². The van der Waals surface area contributed by atoms with E-state index in [1.54, 1.807) is 10.9 Å². The number of pyridine rings is 1. The third kappa shape index (κ3) is 3.06. The molecule has 1 atom stereocenters. The van der Waals surface area contributed by atoms with Crippen LogP contribution >= 0.6 is 0 Å². The van der Waals surface area contributed by atoms with Gasteiger partial charge in [0.1, 0.15) is 24.8 Å². The summed E-state index contributed by atoms with van der Waals surface area (Å²) in [4.78, 5) is 22.8. The Morgan fingerprint density at radius 1 is 1.46 bits per heavy atom. The van der Waals surface area contributed by atoms with E-state index in [0.29, 0.717) is 6.54 Å². The van der Waals surface area contributed by atoms with Crippen molar-refractivity contribution >= 4 is 22.8 Å². The van der Waals surface area contributed by atoms with Gasteiger partial charge in [0.25, 0.3) is 5.82 Å². The maximum atomic E-state index is 12.2. The van der Waals surface area contributed by atoms with Crippen LogP contribution in [0.15, 0.2) is 24.7 Å². The maximum Gasteiger partial charge on any atom is 0.252 e. The highest BCUT2D eigenvalue weighted by molar-refractivity contribution is 5.77. The maximum absolute atomic E-state index is 12.2. The molecule has 0 saturated carbocycles. The zero-order valence-electron chi connectivity index (χ0n) is 14.2. The number of carbonyl (C=O) groups excluding carboxylic acids is 1. The second-order valence-corrected chi connectivity index (χ2v) is 6.23. The molecule has 1 N–H and O–H groups in total. The predicted octanol–water partition coefficient (Wildman–Crippen LogP) is -0.173. The van der Waals surface area contributed by atoms with Crippen molar-refractivity contribution in [1.29, 1.82) is 5.26 Å². The van der Waals surface area contributed by atoms with E-state index >= 15 is 0 Å². The zero-order chi connectivity index (χ0) is 18.1. The van der Waals surface area contributed by atoms with Gasteiger partial charge in [-0.3, -0.25) is 9.48 Å². The van der Waals surface area contributed by atoms with Crippen LogP contribution < -0.4 is 10.2 Å². The van der Waals surface area contributed by atoms with Crippen molar-refractivity contribution in [2.24, 2.45) is 7.05 Å². The van der Waals surface area contributed by atoms with Crippen molar-refractivity contribution in [1.82, 2.24) is 34.8 Å². The average molecular weight is 351 g/mol. The van der Waals surface area contributed by atoms with Crippen LogP contribution in [0.4, 0.5) is 5.82 Å². The van der Waals surface area contributed by atoms with Crippen molar-refractivity contribution in [2.45, 2.75) is 19.0 Å². The monoisotopic (exact) mass is 351 g/mol. The van der Waals surface area contributed by atoms with Crippen LogP contribution in [0, 0.1) is 11.3 Å². The molecular weight excluding hydrogens is 334 g/mol. The number of amides is 1. The Morgan fingerprint density at radius 2 is 2.35 bits per heavy atom. The van der Waals surface area contributed by atoms with E-state index in [9.17, 15) is 4.79 Å². The van der Waals surface area contributed by atoms with Crippen LogP contribution in [-0.4, -0.2) is 54.6 Å². The fourth-order valence-corrected chi connectivity index (χ4v) is 3.12. The van der Waals surface area contributed by atoms with E-state index in [1.165, 1.54) is 11.0 Å². The lowest BCUT2D eigenvalue weighted by Gasteiger charge is -2.18. The van der Waals surface area contributed by atoms with Gasteiger partial charge in [-0.1, -0.05) is 0 Å². The first-order chi connectivity index (χ1) is 12.6. The molecule has 1 aliphatic heterocycles. The first-order valence-electron chi connectivity index (χ1n) is 8.25. The Morgan fingerprint density at radius 3 is 3.15 bits per heavy atom. The first kappa shape index (κ1) is 16.0. The van der Waals surface area contributed by atoms with Crippen LogP contribution in [0.1, 0.15) is 12.2 Å². The van der Waals surface area contributed by atoms with Gasteiger partial charge in [0.15, 0.2) is 5.65 Å². The molecular formula is C16H17N9O. The summed E-state index contributed by atoms with van der Waals surface area (Å²) >= 11 is 0. The second-order valence-electron chi connectivity index (χ2n) is 6.23. The van der Waals surface area contributed by atoms with Crippen LogP contribution in [-0.2, 0) is 18.4 Å². The quantitative estimate of drug-likeness (QED) is 0.693. The Hall–Kier alpha value is -3.48. The predicted molar refractivity (Wildman–Crippen MR) is 92.0 cm³/mol. The van der Waals surface area contributed by atoms with E-state index in [2.05, 4.69) is 30.4 Å². The van der Waals surface area contributed by atoms with Gasteiger partial charge in [-0.05, 0) is 18.6 Å². The molecule has 10 nitrogen and oxygen atoms in total. The van der Waals surface area contributed by atoms with E-state index in [0.717, 1.165) is 29.8 Å². The molecule has 4 heterocycles. The molecule has 10 heteroatoms. The van der Waals surface area contributed by atoms with Gasteiger partial charge in [-0.25, -0.2) is 14.6 Å². The van der Waals surface area contributed by atoms with E-state index < -0.39 is 0 Å². The number of aryl methyl sites for hydroxylation is 1. The topological polar surface area (TPSA) is 118 Å². The summed E-state index contributed by atoms with van der Waals surface area (Å²) in [6.07, 6.45) is 4.02. The Balaban J connectivity index is 1.37. The van der Waals surface area contributed by atoms with Crippen molar-refractivity contribution < 1.29 is 4.79 Å². The summed E-state index contributed by atoms with van der Waals surface area (Å²) in [6.45, 7) is 1.57. The molecule has 1 fully saturated rings. The summed E-state index contributed by atoms with van der Waals surface area (Å²) in [5.74, 6) is 0.788. The number of rotatable bonds is 4. The fourth-order valence-electron chi connectivity index (χ4n) is 3.12. The highest BCUT2D eigenvalue weighted by Crippen LogP contribution is 2.21. The molecule has 0 aliphatic carbocycles. The fraction of sp³-hybridized carbons (Fsp3) is 0.375. The smallest absolute Gasteiger partial charge is 0.252 e. The third-order valence-corrected chi connectivity index (χ3v) is 4.39. The van der Waals surface area contributed by atoms with Crippen molar-refractivity contribution in [3.05, 3.63) is 30.5 Å². The lowest BCUT2D eigenvalue weighted by molar-refractivity contribution is -0.122. The van der Waals surface area contributed by atoms with Crippen LogP contribution in [0.5, 0.6) is 0 Å². The minimum absolute atomic E-state index is 0.0460. The van der Waals surface area contributed by atoms with Gasteiger partial charge >= 0.3 is 0 Å². The minimum atomic E-state index is -0.152. The molecule has 1 amide bonds. The molecule has 0 unspecified atom stereocenters. The Bertz CT molecular complexity index is 999. The van der Waals surface area contributed by atoms with E-state index in [-0.39, 0.29) is 24.3 Å². The normalized spacial score (nSPS) is 16.8. The average Bonchev–Trinajstić information content (AvgIpc) is 3.36. The number of anilines is 1. The summed E-state index contributed by atoms with van der Waals surface area (Å²) in [6, 6.07) is 5.87. The number of fused-ring (bicyclic) bond motifs is 1. The number of hydrogen-bond acceptors (Lipinski definition) is 7. The number of nitrogens with zero attached hydrogens (tertiary/aromatic N) is 8. The van der Waals surface area contributed by atoms with Gasteiger partial charge in [-0.2, -0.15) is 10.4 Å². The standard InChI is InChI=1S/C16H17N9O/c1-23-16-11(7-19-23)2-3-14(21-16)24-5-4-12(8-24)20-15(26)9-25-10-18-13(6-17)22-25/h2-3,7,10,12H,4-5,8-9H2,1H3,(H,20,26)/t12-/m0/s1. The van der Waals surface area contributed by atoms with Crippen molar-refractivity contribution in [3.8, 4) is 6.07 Å². The number of hydrogen-bond donors (Lipinski definition) is 1. The van der Waals surface area contributed by atoms with Gasteiger partial charge in [0.05, 0.1) is 6.20 Å². The SMILES string of the molecule is Cn1ncc2ccc(N3CC[C@H](NC(=O)Cn4cnc(C#N)n4)C3)nc21. The Labute approximate surface area is 149 Å². The minimum Gasteiger partial charge on any atom is -0.354 e. The summed E-state index contributed by atoms with van der Waals surface area (Å²) in [5, 5.41) is 20.8. The molecule has 0 aromatic carbocycles. The highest BCUT2D eigenvalue weighted by atomic mass is 16.2. The van der Waals surface area contributed by atoms with E-state index in [4.69, 9.17) is 5.26 Å². The molecule has 132 valence electrons. The molecule has 1 saturated heterocycles. The first-order valence-corrected chi connectivity index (χ1v) is 8.25. The van der Waals surface area contributed by atoms with Crippen molar-refractivity contribution in [3.63, 3.8) is 0 Å². The lowest BCUT2D eigenvalue weighted by Crippen LogP contribution is -2.39. The van der Waals surface area contributed by atoms with Gasteiger partial charge in [-0.15, -0.1) is 5.10 Å². The molecule has 3 aromatic rings. The van der Waals surface area contributed by atoms with E-state index in [1.807, 2.05) is 25.2 Å². The molecule has 26 heavy (non-hydrogen) atoms. The van der Waals surface area contributed by atoms with Crippen LogP contribution in [0.3, 0.4) is 0 Å². The number of nitrogens with one attached hydrogen (secondary N) is 1. The second kappa shape index (κ2) is 6.44. The van der Waals surface area contributed by atoms with Gasteiger partial charge < -0.3 is 10.2 Å². The largest absolute Gasteiger partial charge is 0.354 e. The number of aromatic nitrogens is 6. The molecule has 4 rings (SSSR count). The highest BCUT2D eigenvalue weighted by Gasteiger charge is 2.25. The molecule has 0 spiro atoms. The van der Waals surface area contributed by atoms with Crippen LogP contribution in [0.25, 0.3) is 11.0 Å². The molecule has 3 aromatic heterocycles. The van der Waals surface area contributed by atoms with Gasteiger partial charge in [0.2, 0.25) is 5.91 Å². The molecule has 0 bridgehead atoms. The lowest BCUT2D eigenvalue weighted by atomic mass is 10.2. The summed E-state index contributed by atoms with van der Waals surface area (Å²) in [5.41, 5.74) is 0.842. The third-order valence-electron chi connectivity index (χ3n) is 4.39. The Kier molecular flexibility index (Phi) is 3.96. The molecule has 1 aliphatic rings. The number of nitriles is 1. The zero-order valence-corrected chi connectivity index (χ0v) is 14.2. The summed E-state index contributed by atoms with van der Waals surface area (Å²) in [7, 11) is 1.87. The van der Waals surface area contributed by atoms with Crippen molar-refractivity contribution in [2.75, 3.05) is 18.0 Å². The number of carbonyl (C=O) groups is 1.